The maximum Gasteiger partial charge on any atom is 0.191 e. The van der Waals surface area contributed by atoms with Crippen LogP contribution in [0.2, 0.25) is 0 Å². The van der Waals surface area contributed by atoms with E-state index < -0.39 is 9.84 Å². The fraction of sp³-hybridized carbons (Fsp3) is 0.941. The van der Waals surface area contributed by atoms with E-state index in [2.05, 4.69) is 36.4 Å². The van der Waals surface area contributed by atoms with Crippen LogP contribution in [-0.4, -0.2) is 45.0 Å². The number of rotatable bonds is 5. The molecule has 2 aliphatic rings. The Balaban J connectivity index is 0.00000288. The first kappa shape index (κ1) is 22.0. The minimum Gasteiger partial charge on any atom is -0.356 e. The Morgan fingerprint density at radius 2 is 1.83 bits per heavy atom. The largest absolute Gasteiger partial charge is 0.356 e. The van der Waals surface area contributed by atoms with Gasteiger partial charge in [-0.1, -0.05) is 20.8 Å². The van der Waals surface area contributed by atoms with Crippen molar-refractivity contribution in [3.05, 3.63) is 0 Å². The molecule has 0 aromatic heterocycles. The third kappa shape index (κ3) is 7.45. The fourth-order valence-electron chi connectivity index (χ4n) is 3.89. The van der Waals surface area contributed by atoms with Crippen molar-refractivity contribution >= 4 is 39.8 Å². The summed E-state index contributed by atoms with van der Waals surface area (Å²) in [6.45, 7) is 8.29. The predicted molar refractivity (Wildman–Crippen MR) is 112 cm³/mol. The molecule has 7 heteroatoms. The number of halogens is 1. The number of aliphatic imine (C=N–C) groups is 1. The van der Waals surface area contributed by atoms with Crippen molar-refractivity contribution in [1.82, 2.24) is 10.6 Å². The van der Waals surface area contributed by atoms with Gasteiger partial charge in [0.25, 0.3) is 0 Å². The van der Waals surface area contributed by atoms with Crippen LogP contribution in [0.4, 0.5) is 0 Å². The minimum atomic E-state index is -2.81. The van der Waals surface area contributed by atoms with Gasteiger partial charge in [-0.2, -0.15) is 0 Å². The Hall–Kier alpha value is -0.0500. The molecular weight excluding hydrogens is 437 g/mol. The molecule has 0 aromatic rings. The summed E-state index contributed by atoms with van der Waals surface area (Å²) in [7, 11) is -2.81. The highest BCUT2D eigenvalue weighted by Crippen LogP contribution is 2.28. The van der Waals surface area contributed by atoms with E-state index in [-0.39, 0.29) is 29.9 Å². The van der Waals surface area contributed by atoms with Gasteiger partial charge < -0.3 is 10.6 Å². The van der Waals surface area contributed by atoms with Crippen LogP contribution in [-0.2, 0) is 9.84 Å². The molecule has 5 nitrogen and oxygen atoms in total. The molecule has 24 heavy (non-hydrogen) atoms. The quantitative estimate of drug-likeness (QED) is 0.368. The van der Waals surface area contributed by atoms with Crippen molar-refractivity contribution in [3.63, 3.8) is 0 Å². The summed E-state index contributed by atoms with van der Waals surface area (Å²) in [6.07, 6.45) is 5.50. The molecule has 0 amide bonds. The molecule has 0 radical (unpaired) electrons. The first-order chi connectivity index (χ1) is 10.9. The highest BCUT2D eigenvalue weighted by molar-refractivity contribution is 14.0. The summed E-state index contributed by atoms with van der Waals surface area (Å²) in [5.74, 6) is 3.18. The van der Waals surface area contributed by atoms with Crippen LogP contribution in [0.3, 0.4) is 0 Å². The number of sulfone groups is 1. The lowest BCUT2D eigenvalue weighted by atomic mass is 9.80. The smallest absolute Gasteiger partial charge is 0.191 e. The summed E-state index contributed by atoms with van der Waals surface area (Å²) in [6, 6.07) is 0.476. The zero-order valence-corrected chi connectivity index (χ0v) is 18.4. The van der Waals surface area contributed by atoms with Gasteiger partial charge >= 0.3 is 0 Å². The van der Waals surface area contributed by atoms with Gasteiger partial charge in [-0.25, -0.2) is 8.42 Å². The van der Waals surface area contributed by atoms with E-state index in [1.165, 1.54) is 19.3 Å². The molecule has 1 aliphatic carbocycles. The summed E-state index contributed by atoms with van der Waals surface area (Å²) in [5.41, 5.74) is 0. The number of guanidine groups is 1. The van der Waals surface area contributed by atoms with Crippen molar-refractivity contribution in [2.45, 2.75) is 58.9 Å². The molecule has 0 spiro atoms. The van der Waals surface area contributed by atoms with E-state index in [4.69, 9.17) is 0 Å². The van der Waals surface area contributed by atoms with Gasteiger partial charge in [0.15, 0.2) is 15.8 Å². The van der Waals surface area contributed by atoms with Crippen LogP contribution in [0.15, 0.2) is 4.99 Å². The number of hydrogen-bond donors (Lipinski definition) is 2. The SMILES string of the molecule is CCCNC(=NCC1CCS(=O)(=O)C1)NC1CC(C)CC(C)C1.I. The van der Waals surface area contributed by atoms with Crippen molar-refractivity contribution < 1.29 is 8.42 Å². The summed E-state index contributed by atoms with van der Waals surface area (Å²) < 4.78 is 23.1. The van der Waals surface area contributed by atoms with E-state index in [1.54, 1.807) is 0 Å². The van der Waals surface area contributed by atoms with Gasteiger partial charge in [-0.15, -0.1) is 24.0 Å². The minimum absolute atomic E-state index is 0. The second-order valence-electron chi connectivity index (χ2n) is 7.64. The number of nitrogens with one attached hydrogen (secondary N) is 2. The van der Waals surface area contributed by atoms with Gasteiger partial charge in [0.2, 0.25) is 0 Å². The first-order valence-electron chi connectivity index (χ1n) is 9.13. The summed E-state index contributed by atoms with van der Waals surface area (Å²) >= 11 is 0. The molecule has 3 atom stereocenters. The van der Waals surface area contributed by atoms with E-state index >= 15 is 0 Å². The summed E-state index contributed by atoms with van der Waals surface area (Å²) in [4.78, 5) is 4.68. The predicted octanol–water partition coefficient (Wildman–Crippen LogP) is 2.81. The Bertz CT molecular complexity index is 500. The number of nitrogens with zero attached hydrogens (tertiary/aromatic N) is 1. The Labute approximate surface area is 164 Å². The Morgan fingerprint density at radius 1 is 1.17 bits per heavy atom. The van der Waals surface area contributed by atoms with Crippen molar-refractivity contribution in [3.8, 4) is 0 Å². The van der Waals surface area contributed by atoms with E-state index in [0.29, 0.717) is 24.1 Å². The van der Waals surface area contributed by atoms with Gasteiger partial charge in [0.05, 0.1) is 11.5 Å². The molecule has 1 saturated carbocycles. The molecular formula is C17H34IN3O2S. The van der Waals surface area contributed by atoms with E-state index in [1.807, 2.05) is 0 Å². The van der Waals surface area contributed by atoms with Crippen molar-refractivity contribution in [2.75, 3.05) is 24.6 Å². The third-order valence-electron chi connectivity index (χ3n) is 4.90. The fourth-order valence-corrected chi connectivity index (χ4v) is 5.74. The van der Waals surface area contributed by atoms with Crippen molar-refractivity contribution in [1.29, 1.82) is 0 Å². The van der Waals surface area contributed by atoms with Crippen LogP contribution in [0, 0.1) is 17.8 Å². The zero-order chi connectivity index (χ0) is 16.9. The average molecular weight is 471 g/mol. The van der Waals surface area contributed by atoms with Crippen molar-refractivity contribution in [2.24, 2.45) is 22.7 Å². The second kappa shape index (κ2) is 10.2. The lowest BCUT2D eigenvalue weighted by molar-refractivity contribution is 0.255. The molecule has 142 valence electrons. The maximum atomic E-state index is 11.6. The lowest BCUT2D eigenvalue weighted by Gasteiger charge is -2.33. The highest BCUT2D eigenvalue weighted by Gasteiger charge is 2.28. The zero-order valence-electron chi connectivity index (χ0n) is 15.3. The molecule has 3 unspecified atom stereocenters. The van der Waals surface area contributed by atoms with Crippen LogP contribution in [0.5, 0.6) is 0 Å². The first-order valence-corrected chi connectivity index (χ1v) is 11.0. The maximum absolute atomic E-state index is 11.6. The van der Waals surface area contributed by atoms with Gasteiger partial charge in [-0.05, 0) is 49.9 Å². The number of hydrogen-bond acceptors (Lipinski definition) is 3. The molecule has 1 saturated heterocycles. The molecule has 2 rings (SSSR count). The second-order valence-corrected chi connectivity index (χ2v) is 9.87. The normalized spacial score (nSPS) is 32.9. The van der Waals surface area contributed by atoms with Crippen LogP contribution < -0.4 is 10.6 Å². The average Bonchev–Trinajstić information content (AvgIpc) is 2.80. The standard InChI is InChI=1S/C17H33N3O2S.HI/c1-4-6-18-17(19-11-15-5-7-23(21,22)12-15)20-16-9-13(2)8-14(3)10-16;/h13-16H,4-12H2,1-3H3,(H2,18,19,20);1H. The highest BCUT2D eigenvalue weighted by atomic mass is 127. The molecule has 0 aromatic carbocycles. The van der Waals surface area contributed by atoms with Crippen LogP contribution in [0.25, 0.3) is 0 Å². The van der Waals surface area contributed by atoms with E-state index in [9.17, 15) is 8.42 Å². The Morgan fingerprint density at radius 3 is 2.38 bits per heavy atom. The molecule has 0 bridgehead atoms. The van der Waals surface area contributed by atoms with Gasteiger partial charge in [0, 0.05) is 19.1 Å². The molecule has 1 aliphatic heterocycles. The molecule has 2 N–H and O–H groups in total. The van der Waals surface area contributed by atoms with Crippen LogP contribution in [0.1, 0.15) is 52.9 Å². The third-order valence-corrected chi connectivity index (χ3v) is 6.73. The van der Waals surface area contributed by atoms with Gasteiger partial charge in [0.1, 0.15) is 0 Å². The molecule has 1 heterocycles. The van der Waals surface area contributed by atoms with E-state index in [0.717, 1.165) is 37.2 Å². The van der Waals surface area contributed by atoms with Crippen LogP contribution >= 0.6 is 24.0 Å². The lowest BCUT2D eigenvalue weighted by Crippen LogP contribution is -2.46. The topological polar surface area (TPSA) is 70.6 Å². The summed E-state index contributed by atoms with van der Waals surface area (Å²) in [5, 5.41) is 6.97. The van der Waals surface area contributed by atoms with Gasteiger partial charge in [-0.3, -0.25) is 4.99 Å². The monoisotopic (exact) mass is 471 g/mol. The Kier molecular flexibility index (Phi) is 9.33. The molecule has 2 fully saturated rings.